The molecule has 1 heterocycles. The molecule has 0 aromatic heterocycles. The number of sulfonamides is 1. The molecule has 3 aromatic rings. The first-order valence-electron chi connectivity index (χ1n) is 10.8. The van der Waals surface area contributed by atoms with Crippen LogP contribution in [0.1, 0.15) is 21.5 Å². The number of rotatable bonds is 7. The molecular formula is C25H24F2N4O3S. The van der Waals surface area contributed by atoms with Crippen LogP contribution < -0.4 is 5.32 Å². The lowest BCUT2D eigenvalue weighted by atomic mass is 10.1. The second-order valence-corrected chi connectivity index (χ2v) is 9.95. The third kappa shape index (κ3) is 5.55. The normalized spacial score (nSPS) is 13.9. The zero-order chi connectivity index (χ0) is 25.2. The zero-order valence-corrected chi connectivity index (χ0v) is 20.0. The molecule has 10 heteroatoms. The minimum absolute atomic E-state index is 0.00968. The molecule has 35 heavy (non-hydrogen) atoms. The number of carbonyl (C=O) groups is 1. The maximum absolute atomic E-state index is 14.2. The number of carbonyl (C=O) groups excluding carboxylic acids is 1. The fourth-order valence-electron chi connectivity index (χ4n) is 3.64. The summed E-state index contributed by atoms with van der Waals surface area (Å²) < 4.78 is 55.8. The van der Waals surface area contributed by atoms with Gasteiger partial charge >= 0.3 is 0 Å². The highest BCUT2D eigenvalue weighted by Gasteiger charge is 2.28. The standard InChI is InChI=1S/C25H24F2N4O3S/c1-30(2)13-14-31(16-18-7-10-19(26)15-22(18)27)25(32)17-8-11-20(12-9-17)28-24-21-5-3-4-6-23(21)35(33,34)29-24/h3-12,15H,13-14,16H2,1-2H3,(H,28,29). The second-order valence-electron chi connectivity index (χ2n) is 8.38. The summed E-state index contributed by atoms with van der Waals surface area (Å²) >= 11 is 0. The van der Waals surface area contributed by atoms with Crippen molar-refractivity contribution in [3.8, 4) is 0 Å². The Morgan fingerprint density at radius 2 is 1.69 bits per heavy atom. The van der Waals surface area contributed by atoms with Gasteiger partial charge in [-0.05, 0) is 56.6 Å². The van der Waals surface area contributed by atoms with Crippen LogP contribution in [0.3, 0.4) is 0 Å². The Morgan fingerprint density at radius 3 is 2.37 bits per heavy atom. The number of benzene rings is 3. The van der Waals surface area contributed by atoms with Crippen molar-refractivity contribution in [3.05, 3.63) is 95.1 Å². The zero-order valence-electron chi connectivity index (χ0n) is 19.2. The number of amidine groups is 1. The lowest BCUT2D eigenvalue weighted by Crippen LogP contribution is -2.36. The Hall–Kier alpha value is -3.63. The number of anilines is 1. The van der Waals surface area contributed by atoms with E-state index in [2.05, 4.69) is 9.71 Å². The molecule has 1 N–H and O–H groups in total. The number of likely N-dealkylation sites (N-methyl/N-ethyl adjacent to an activating group) is 1. The van der Waals surface area contributed by atoms with Gasteiger partial charge in [-0.2, -0.15) is 8.42 Å². The first kappa shape index (κ1) is 24.5. The molecule has 182 valence electrons. The first-order valence-corrected chi connectivity index (χ1v) is 12.3. The Kier molecular flexibility index (Phi) is 6.95. The monoisotopic (exact) mass is 498 g/mol. The quantitative estimate of drug-likeness (QED) is 0.537. The Bertz CT molecular complexity index is 1390. The van der Waals surface area contributed by atoms with Gasteiger partial charge in [-0.3, -0.25) is 4.79 Å². The van der Waals surface area contributed by atoms with E-state index in [1.54, 1.807) is 42.5 Å². The third-order valence-electron chi connectivity index (χ3n) is 5.51. The molecule has 0 atom stereocenters. The maximum atomic E-state index is 14.2. The van der Waals surface area contributed by atoms with E-state index in [1.807, 2.05) is 19.0 Å². The molecular weight excluding hydrogens is 474 g/mol. The summed E-state index contributed by atoms with van der Waals surface area (Å²) in [4.78, 5) is 16.8. The summed E-state index contributed by atoms with van der Waals surface area (Å²) in [5, 5.41) is 2.99. The predicted molar refractivity (Wildman–Crippen MR) is 130 cm³/mol. The van der Waals surface area contributed by atoms with Crippen LogP contribution in [0.4, 0.5) is 14.5 Å². The van der Waals surface area contributed by atoms with Crippen LogP contribution in [0.5, 0.6) is 0 Å². The topological polar surface area (TPSA) is 82.1 Å². The van der Waals surface area contributed by atoms with Gasteiger partial charge in [0.05, 0.1) is 0 Å². The van der Waals surface area contributed by atoms with E-state index in [4.69, 9.17) is 0 Å². The van der Waals surface area contributed by atoms with E-state index < -0.39 is 21.7 Å². The van der Waals surface area contributed by atoms with E-state index in [0.717, 1.165) is 12.1 Å². The van der Waals surface area contributed by atoms with Crippen molar-refractivity contribution in [2.75, 3.05) is 32.5 Å². The van der Waals surface area contributed by atoms with Crippen LogP contribution in [0, 0.1) is 11.6 Å². The SMILES string of the molecule is CN(C)CCN(Cc1ccc(F)cc1F)C(=O)c1ccc(NC2=NS(=O)(=O)c3ccccc32)cc1. The van der Waals surface area contributed by atoms with Gasteiger partial charge in [0.2, 0.25) is 0 Å². The van der Waals surface area contributed by atoms with Gasteiger partial charge in [-0.15, -0.1) is 4.40 Å². The van der Waals surface area contributed by atoms with Gasteiger partial charge in [0.15, 0.2) is 5.84 Å². The molecule has 1 amide bonds. The summed E-state index contributed by atoms with van der Waals surface area (Å²) in [5.74, 6) is -1.49. The second kappa shape index (κ2) is 9.93. The Labute approximate surface area is 202 Å². The highest BCUT2D eigenvalue weighted by Crippen LogP contribution is 2.27. The van der Waals surface area contributed by atoms with Crippen LogP contribution in [0.25, 0.3) is 0 Å². The summed E-state index contributed by atoms with van der Waals surface area (Å²) in [6, 6.07) is 16.3. The Balaban J connectivity index is 1.53. The lowest BCUT2D eigenvalue weighted by molar-refractivity contribution is 0.0730. The van der Waals surface area contributed by atoms with Crippen LogP contribution >= 0.6 is 0 Å². The summed E-state index contributed by atoms with van der Waals surface area (Å²) in [5.41, 5.74) is 1.62. The van der Waals surface area contributed by atoms with Gasteiger partial charge in [-0.1, -0.05) is 18.2 Å². The van der Waals surface area contributed by atoms with Crippen molar-refractivity contribution in [3.63, 3.8) is 0 Å². The number of amides is 1. The highest BCUT2D eigenvalue weighted by atomic mass is 32.2. The lowest BCUT2D eigenvalue weighted by Gasteiger charge is -2.25. The average Bonchev–Trinajstić information content (AvgIpc) is 3.08. The smallest absolute Gasteiger partial charge is 0.285 e. The van der Waals surface area contributed by atoms with Gasteiger partial charge in [0, 0.05) is 48.1 Å². The highest BCUT2D eigenvalue weighted by molar-refractivity contribution is 7.90. The van der Waals surface area contributed by atoms with Gasteiger partial charge in [0.25, 0.3) is 15.9 Å². The van der Waals surface area contributed by atoms with E-state index in [-0.39, 0.29) is 28.7 Å². The Morgan fingerprint density at radius 1 is 0.971 bits per heavy atom. The molecule has 0 saturated heterocycles. The van der Waals surface area contributed by atoms with Gasteiger partial charge in [0.1, 0.15) is 16.5 Å². The van der Waals surface area contributed by atoms with Gasteiger partial charge < -0.3 is 15.1 Å². The molecule has 7 nitrogen and oxygen atoms in total. The van der Waals surface area contributed by atoms with Crippen LogP contribution in [-0.4, -0.2) is 57.1 Å². The minimum Gasteiger partial charge on any atom is -0.339 e. The fourth-order valence-corrected chi connectivity index (χ4v) is 4.82. The number of nitrogens with one attached hydrogen (secondary N) is 1. The fraction of sp³-hybridized carbons (Fsp3) is 0.200. The number of nitrogens with zero attached hydrogens (tertiary/aromatic N) is 3. The van der Waals surface area contributed by atoms with Gasteiger partial charge in [-0.25, -0.2) is 8.78 Å². The number of hydrogen-bond acceptors (Lipinski definition) is 5. The minimum atomic E-state index is -3.75. The van der Waals surface area contributed by atoms with E-state index in [0.29, 0.717) is 29.9 Å². The summed E-state index contributed by atoms with van der Waals surface area (Å²) in [7, 11) is -0.0170. The molecule has 1 aliphatic rings. The molecule has 4 rings (SSSR count). The largest absolute Gasteiger partial charge is 0.339 e. The maximum Gasteiger partial charge on any atom is 0.285 e. The van der Waals surface area contributed by atoms with Crippen molar-refractivity contribution in [1.82, 2.24) is 9.80 Å². The molecule has 0 saturated carbocycles. The molecule has 3 aromatic carbocycles. The van der Waals surface area contributed by atoms with E-state index >= 15 is 0 Å². The molecule has 0 aliphatic carbocycles. The molecule has 0 radical (unpaired) electrons. The molecule has 0 unspecified atom stereocenters. The first-order chi connectivity index (χ1) is 16.6. The van der Waals surface area contributed by atoms with Crippen molar-refractivity contribution in [1.29, 1.82) is 0 Å². The molecule has 0 spiro atoms. The van der Waals surface area contributed by atoms with Crippen LogP contribution in [0.2, 0.25) is 0 Å². The molecule has 0 fully saturated rings. The number of hydrogen-bond donors (Lipinski definition) is 1. The van der Waals surface area contributed by atoms with Crippen molar-refractivity contribution in [2.24, 2.45) is 4.40 Å². The third-order valence-corrected chi connectivity index (χ3v) is 6.84. The van der Waals surface area contributed by atoms with E-state index in [9.17, 15) is 22.0 Å². The van der Waals surface area contributed by atoms with Crippen molar-refractivity contribution < 1.29 is 22.0 Å². The van der Waals surface area contributed by atoms with Crippen molar-refractivity contribution >= 4 is 27.5 Å². The summed E-state index contributed by atoms with van der Waals surface area (Å²) in [6.07, 6.45) is 0. The molecule has 0 bridgehead atoms. The molecule has 1 aliphatic heterocycles. The van der Waals surface area contributed by atoms with E-state index in [1.165, 1.54) is 17.0 Å². The average molecular weight is 499 g/mol. The predicted octanol–water partition coefficient (Wildman–Crippen LogP) is 3.73. The number of halogens is 2. The number of fused-ring (bicyclic) bond motifs is 1. The van der Waals surface area contributed by atoms with Crippen LogP contribution in [-0.2, 0) is 16.6 Å². The van der Waals surface area contributed by atoms with Crippen LogP contribution in [0.15, 0.2) is 76.0 Å². The van der Waals surface area contributed by atoms with Crippen molar-refractivity contribution in [2.45, 2.75) is 11.4 Å². The summed E-state index contributed by atoms with van der Waals surface area (Å²) in [6.45, 7) is 0.889.